The fourth-order valence-electron chi connectivity index (χ4n) is 2.29. The smallest absolute Gasteiger partial charge is 0.309 e. The summed E-state index contributed by atoms with van der Waals surface area (Å²) in [5.74, 6) is 0.686. The normalized spacial score (nSPS) is 17.5. The molecule has 1 aliphatic heterocycles. The molecule has 0 fully saturated rings. The van der Waals surface area contributed by atoms with Gasteiger partial charge in [0.2, 0.25) is 0 Å². The first-order valence-corrected chi connectivity index (χ1v) is 6.19. The van der Waals surface area contributed by atoms with Crippen LogP contribution in [0.5, 0.6) is 5.75 Å². The molecule has 1 atom stereocenters. The predicted molar refractivity (Wildman–Crippen MR) is 69.7 cm³/mol. The molecule has 0 saturated carbocycles. The molecule has 1 aliphatic rings. The zero-order valence-corrected chi connectivity index (χ0v) is 10.6. The van der Waals surface area contributed by atoms with Gasteiger partial charge in [0.25, 0.3) is 0 Å². The second-order valence-corrected chi connectivity index (χ2v) is 4.45. The van der Waals surface area contributed by atoms with Crippen LogP contribution in [0.1, 0.15) is 24.0 Å². The van der Waals surface area contributed by atoms with E-state index in [4.69, 9.17) is 9.47 Å². The van der Waals surface area contributed by atoms with Gasteiger partial charge in [0.15, 0.2) is 0 Å². The van der Waals surface area contributed by atoms with E-state index in [1.165, 1.54) is 7.11 Å². The summed E-state index contributed by atoms with van der Waals surface area (Å²) in [6.45, 7) is 3.74. The average molecular weight is 246 g/mol. The Morgan fingerprint density at radius 1 is 1.61 bits per heavy atom. The van der Waals surface area contributed by atoms with Crippen molar-refractivity contribution < 1.29 is 14.3 Å². The summed E-state index contributed by atoms with van der Waals surface area (Å²) in [4.78, 5) is 11.4. The van der Waals surface area contributed by atoms with E-state index < -0.39 is 0 Å². The van der Waals surface area contributed by atoms with E-state index in [0.717, 1.165) is 36.1 Å². The number of benzene rings is 1. The lowest BCUT2D eigenvalue weighted by atomic mass is 9.94. The van der Waals surface area contributed by atoms with Gasteiger partial charge in [-0.25, -0.2) is 0 Å². The molecule has 3 nitrogen and oxygen atoms in total. The van der Waals surface area contributed by atoms with Crippen molar-refractivity contribution in [2.24, 2.45) is 0 Å². The van der Waals surface area contributed by atoms with Gasteiger partial charge in [-0.1, -0.05) is 18.2 Å². The average Bonchev–Trinajstić information content (AvgIpc) is 2.39. The topological polar surface area (TPSA) is 35.5 Å². The van der Waals surface area contributed by atoms with Crippen molar-refractivity contribution in [2.75, 3.05) is 7.11 Å². The molecule has 0 amide bonds. The molecular formula is C15H18O3. The van der Waals surface area contributed by atoms with Crippen LogP contribution in [0.4, 0.5) is 0 Å². The van der Waals surface area contributed by atoms with Crippen LogP contribution in [-0.4, -0.2) is 19.2 Å². The predicted octanol–water partition coefficient (Wildman–Crippen LogP) is 2.67. The first kappa shape index (κ1) is 12.7. The Kier molecular flexibility index (Phi) is 4.03. The molecule has 0 bridgehead atoms. The molecule has 0 N–H and O–H groups in total. The van der Waals surface area contributed by atoms with Gasteiger partial charge in [-0.05, 0) is 30.0 Å². The van der Waals surface area contributed by atoms with E-state index in [9.17, 15) is 4.79 Å². The minimum absolute atomic E-state index is 0.211. The highest BCUT2D eigenvalue weighted by molar-refractivity contribution is 5.73. The van der Waals surface area contributed by atoms with Gasteiger partial charge < -0.3 is 9.47 Å². The van der Waals surface area contributed by atoms with E-state index in [2.05, 4.69) is 6.58 Å². The summed E-state index contributed by atoms with van der Waals surface area (Å²) < 4.78 is 10.6. The van der Waals surface area contributed by atoms with Crippen molar-refractivity contribution >= 4 is 5.97 Å². The Morgan fingerprint density at radius 2 is 2.44 bits per heavy atom. The molecule has 18 heavy (non-hydrogen) atoms. The zero-order valence-electron chi connectivity index (χ0n) is 10.6. The number of esters is 1. The summed E-state index contributed by atoms with van der Waals surface area (Å²) in [5, 5.41) is 0. The first-order valence-electron chi connectivity index (χ1n) is 6.19. The number of fused-ring (bicyclic) bond motifs is 1. The SMILES string of the molecule is C=CCC1CCc2c(CC(=O)OC)cccc2O1. The largest absolute Gasteiger partial charge is 0.490 e. The van der Waals surface area contributed by atoms with Crippen molar-refractivity contribution in [3.63, 3.8) is 0 Å². The Hall–Kier alpha value is -1.77. The third-order valence-electron chi connectivity index (χ3n) is 3.23. The quantitative estimate of drug-likeness (QED) is 0.605. The highest BCUT2D eigenvalue weighted by atomic mass is 16.5. The van der Waals surface area contributed by atoms with E-state index in [-0.39, 0.29) is 12.1 Å². The molecule has 1 aromatic rings. The fraction of sp³-hybridized carbons (Fsp3) is 0.400. The molecule has 3 heteroatoms. The van der Waals surface area contributed by atoms with Gasteiger partial charge in [0, 0.05) is 6.42 Å². The first-order chi connectivity index (χ1) is 8.74. The molecule has 0 radical (unpaired) electrons. The lowest BCUT2D eigenvalue weighted by molar-refractivity contribution is -0.139. The second kappa shape index (κ2) is 5.71. The maximum Gasteiger partial charge on any atom is 0.309 e. The number of ether oxygens (including phenoxy) is 2. The van der Waals surface area contributed by atoms with Crippen LogP contribution >= 0.6 is 0 Å². The minimum Gasteiger partial charge on any atom is -0.490 e. The standard InChI is InChI=1S/C15H18O3/c1-3-5-12-8-9-13-11(10-15(16)17-2)6-4-7-14(13)18-12/h3-4,6-7,12H,1,5,8-10H2,2H3. The van der Waals surface area contributed by atoms with Gasteiger partial charge in [-0.2, -0.15) is 0 Å². The Morgan fingerprint density at radius 3 is 3.17 bits per heavy atom. The minimum atomic E-state index is -0.211. The Labute approximate surface area is 107 Å². The van der Waals surface area contributed by atoms with Gasteiger partial charge in [0.05, 0.1) is 13.5 Å². The Bertz CT molecular complexity index is 451. The molecule has 1 unspecified atom stereocenters. The van der Waals surface area contributed by atoms with Gasteiger partial charge in [-0.3, -0.25) is 4.79 Å². The monoisotopic (exact) mass is 246 g/mol. The van der Waals surface area contributed by atoms with Crippen molar-refractivity contribution in [3.05, 3.63) is 42.0 Å². The number of hydrogen-bond acceptors (Lipinski definition) is 3. The van der Waals surface area contributed by atoms with Crippen LogP contribution in [0.15, 0.2) is 30.9 Å². The lowest BCUT2D eigenvalue weighted by Gasteiger charge is -2.26. The number of methoxy groups -OCH3 is 1. The van der Waals surface area contributed by atoms with E-state index in [0.29, 0.717) is 6.42 Å². The molecule has 0 spiro atoms. The molecule has 1 aromatic carbocycles. The van der Waals surface area contributed by atoms with Gasteiger partial charge in [-0.15, -0.1) is 6.58 Å². The maximum absolute atomic E-state index is 11.4. The molecule has 0 aromatic heterocycles. The highest BCUT2D eigenvalue weighted by Crippen LogP contribution is 2.31. The number of rotatable bonds is 4. The summed E-state index contributed by atoms with van der Waals surface area (Å²) in [6, 6.07) is 5.85. The number of carbonyl (C=O) groups excluding carboxylic acids is 1. The molecule has 96 valence electrons. The van der Waals surface area contributed by atoms with Crippen LogP contribution in [-0.2, 0) is 22.4 Å². The third kappa shape index (κ3) is 2.73. The maximum atomic E-state index is 11.4. The van der Waals surface area contributed by atoms with E-state index in [1.807, 2.05) is 24.3 Å². The van der Waals surface area contributed by atoms with E-state index in [1.54, 1.807) is 0 Å². The number of carbonyl (C=O) groups is 1. The molecule has 0 aliphatic carbocycles. The van der Waals surface area contributed by atoms with Crippen LogP contribution in [0, 0.1) is 0 Å². The van der Waals surface area contributed by atoms with Crippen LogP contribution in [0.3, 0.4) is 0 Å². The van der Waals surface area contributed by atoms with Crippen LogP contribution < -0.4 is 4.74 Å². The molecule has 2 rings (SSSR count). The molecular weight excluding hydrogens is 228 g/mol. The summed E-state index contributed by atoms with van der Waals surface area (Å²) in [6.07, 6.45) is 5.19. The van der Waals surface area contributed by atoms with E-state index >= 15 is 0 Å². The molecule has 0 saturated heterocycles. The van der Waals surface area contributed by atoms with Crippen molar-refractivity contribution in [3.8, 4) is 5.75 Å². The lowest BCUT2D eigenvalue weighted by Crippen LogP contribution is -2.23. The van der Waals surface area contributed by atoms with Crippen molar-refractivity contribution in [1.82, 2.24) is 0 Å². The summed E-state index contributed by atoms with van der Waals surface area (Å²) in [7, 11) is 1.41. The highest BCUT2D eigenvalue weighted by Gasteiger charge is 2.21. The van der Waals surface area contributed by atoms with Crippen molar-refractivity contribution in [1.29, 1.82) is 0 Å². The van der Waals surface area contributed by atoms with Gasteiger partial charge in [0.1, 0.15) is 11.9 Å². The van der Waals surface area contributed by atoms with Crippen LogP contribution in [0.2, 0.25) is 0 Å². The van der Waals surface area contributed by atoms with Crippen LogP contribution in [0.25, 0.3) is 0 Å². The molecule has 1 heterocycles. The zero-order chi connectivity index (χ0) is 13.0. The van der Waals surface area contributed by atoms with Gasteiger partial charge >= 0.3 is 5.97 Å². The van der Waals surface area contributed by atoms with Crippen molar-refractivity contribution in [2.45, 2.75) is 31.8 Å². The number of hydrogen-bond donors (Lipinski definition) is 0. The summed E-state index contributed by atoms with van der Waals surface area (Å²) in [5.41, 5.74) is 2.15. The third-order valence-corrected chi connectivity index (χ3v) is 3.23. The summed E-state index contributed by atoms with van der Waals surface area (Å²) >= 11 is 0. The Balaban J connectivity index is 2.19. The second-order valence-electron chi connectivity index (χ2n) is 4.45. The fourth-order valence-corrected chi connectivity index (χ4v) is 2.29.